The van der Waals surface area contributed by atoms with Crippen LogP contribution in [0.2, 0.25) is 0 Å². The lowest BCUT2D eigenvalue weighted by Crippen LogP contribution is -2.14. The Balaban J connectivity index is 2.71. The first-order valence-corrected chi connectivity index (χ1v) is 7.76. The van der Waals surface area contributed by atoms with Gasteiger partial charge in [-0.1, -0.05) is 32.3 Å². The molecule has 0 bridgehead atoms. The van der Waals surface area contributed by atoms with Crippen LogP contribution in [0.5, 0.6) is 5.75 Å². The standard InChI is InChI=1S/C13H21NO3S/c1-3-4-5-6-9-17-12-8-7-11(2)10-13(12)18(14,15)16/h7-8,10H,3-6,9H2,1-2H3,(H2,14,15,16). The zero-order valence-electron chi connectivity index (χ0n) is 11.0. The van der Waals surface area contributed by atoms with Gasteiger partial charge in [-0.25, -0.2) is 13.6 Å². The number of hydrogen-bond donors (Lipinski definition) is 1. The van der Waals surface area contributed by atoms with Gasteiger partial charge in [-0.2, -0.15) is 0 Å². The lowest BCUT2D eigenvalue weighted by molar-refractivity contribution is 0.297. The zero-order valence-corrected chi connectivity index (χ0v) is 11.8. The van der Waals surface area contributed by atoms with E-state index in [0.29, 0.717) is 12.4 Å². The van der Waals surface area contributed by atoms with Crippen molar-refractivity contribution in [3.8, 4) is 5.75 Å². The third-order valence-electron chi connectivity index (χ3n) is 2.66. The van der Waals surface area contributed by atoms with Crippen LogP contribution in [0.1, 0.15) is 38.2 Å². The van der Waals surface area contributed by atoms with Crippen LogP contribution >= 0.6 is 0 Å². The molecular weight excluding hydrogens is 250 g/mol. The molecule has 0 radical (unpaired) electrons. The van der Waals surface area contributed by atoms with E-state index < -0.39 is 10.0 Å². The van der Waals surface area contributed by atoms with E-state index in [-0.39, 0.29) is 4.90 Å². The molecule has 18 heavy (non-hydrogen) atoms. The second-order valence-electron chi connectivity index (χ2n) is 4.40. The molecule has 2 N–H and O–H groups in total. The fourth-order valence-electron chi connectivity index (χ4n) is 1.67. The molecule has 5 heteroatoms. The Kier molecular flexibility index (Phi) is 5.62. The molecule has 0 unspecified atom stereocenters. The van der Waals surface area contributed by atoms with Gasteiger partial charge in [-0.05, 0) is 31.0 Å². The van der Waals surface area contributed by atoms with Crippen molar-refractivity contribution < 1.29 is 13.2 Å². The van der Waals surface area contributed by atoms with Gasteiger partial charge >= 0.3 is 0 Å². The highest BCUT2D eigenvalue weighted by atomic mass is 32.2. The summed E-state index contributed by atoms with van der Waals surface area (Å²) in [6.07, 6.45) is 4.34. The van der Waals surface area contributed by atoms with Gasteiger partial charge in [0.25, 0.3) is 0 Å². The van der Waals surface area contributed by atoms with E-state index >= 15 is 0 Å². The highest BCUT2D eigenvalue weighted by Crippen LogP contribution is 2.24. The molecule has 0 aliphatic heterocycles. The third kappa shape index (κ3) is 4.66. The quantitative estimate of drug-likeness (QED) is 0.775. The summed E-state index contributed by atoms with van der Waals surface area (Å²) < 4.78 is 28.4. The number of sulfonamides is 1. The Bertz CT molecular complexity index is 483. The minimum Gasteiger partial charge on any atom is -0.492 e. The van der Waals surface area contributed by atoms with Gasteiger partial charge in [-0.3, -0.25) is 0 Å². The van der Waals surface area contributed by atoms with E-state index in [1.165, 1.54) is 12.5 Å². The van der Waals surface area contributed by atoms with Crippen molar-refractivity contribution in [1.82, 2.24) is 0 Å². The number of hydrogen-bond acceptors (Lipinski definition) is 3. The molecule has 1 aromatic rings. The first-order valence-electron chi connectivity index (χ1n) is 6.21. The topological polar surface area (TPSA) is 69.4 Å². The summed E-state index contributed by atoms with van der Waals surface area (Å²) in [6.45, 7) is 4.48. The van der Waals surface area contributed by atoms with E-state index in [9.17, 15) is 8.42 Å². The molecule has 4 nitrogen and oxygen atoms in total. The van der Waals surface area contributed by atoms with Crippen LogP contribution in [-0.4, -0.2) is 15.0 Å². The van der Waals surface area contributed by atoms with Gasteiger partial charge in [0.05, 0.1) is 6.61 Å². The minimum absolute atomic E-state index is 0.0676. The molecule has 0 aromatic heterocycles. The summed E-state index contributed by atoms with van der Waals surface area (Å²) in [7, 11) is -3.73. The predicted octanol–water partition coefficient (Wildman–Crippen LogP) is 2.60. The van der Waals surface area contributed by atoms with Crippen LogP contribution in [0, 0.1) is 6.92 Å². The molecule has 102 valence electrons. The predicted molar refractivity (Wildman–Crippen MR) is 72.2 cm³/mol. The fraction of sp³-hybridized carbons (Fsp3) is 0.538. The number of benzene rings is 1. The smallest absolute Gasteiger partial charge is 0.241 e. The maximum absolute atomic E-state index is 11.4. The minimum atomic E-state index is -3.73. The number of rotatable bonds is 7. The maximum Gasteiger partial charge on any atom is 0.241 e. The average Bonchev–Trinajstić information content (AvgIpc) is 2.29. The molecule has 0 saturated carbocycles. The SMILES string of the molecule is CCCCCCOc1ccc(C)cc1S(N)(=O)=O. The number of ether oxygens (including phenoxy) is 1. The van der Waals surface area contributed by atoms with Crippen LogP contribution in [0.4, 0.5) is 0 Å². The van der Waals surface area contributed by atoms with Crippen molar-refractivity contribution in [2.45, 2.75) is 44.4 Å². The van der Waals surface area contributed by atoms with Gasteiger partial charge in [0, 0.05) is 0 Å². The monoisotopic (exact) mass is 271 g/mol. The van der Waals surface area contributed by atoms with Crippen LogP contribution in [0.25, 0.3) is 0 Å². The van der Waals surface area contributed by atoms with Gasteiger partial charge in [0.1, 0.15) is 10.6 Å². The maximum atomic E-state index is 11.4. The Labute approximate surface area is 109 Å². The first kappa shape index (κ1) is 15.0. The van der Waals surface area contributed by atoms with E-state index in [2.05, 4.69) is 6.92 Å². The van der Waals surface area contributed by atoms with Crippen molar-refractivity contribution in [1.29, 1.82) is 0 Å². The second-order valence-corrected chi connectivity index (χ2v) is 5.93. The summed E-state index contributed by atoms with van der Waals surface area (Å²) in [5, 5.41) is 5.17. The number of unbranched alkanes of at least 4 members (excludes halogenated alkanes) is 3. The van der Waals surface area contributed by atoms with Crippen LogP contribution < -0.4 is 9.88 Å². The van der Waals surface area contributed by atoms with E-state index in [1.54, 1.807) is 6.07 Å². The van der Waals surface area contributed by atoms with E-state index in [0.717, 1.165) is 24.8 Å². The molecule has 0 amide bonds. The summed E-state index contributed by atoms with van der Waals surface area (Å²) in [6, 6.07) is 5.02. The summed E-state index contributed by atoms with van der Waals surface area (Å²) in [5.41, 5.74) is 0.845. The van der Waals surface area contributed by atoms with E-state index in [1.807, 2.05) is 13.0 Å². The van der Waals surface area contributed by atoms with Gasteiger partial charge < -0.3 is 4.74 Å². The third-order valence-corrected chi connectivity index (χ3v) is 3.59. The molecule has 1 rings (SSSR count). The lowest BCUT2D eigenvalue weighted by Gasteiger charge is -2.10. The summed E-state index contributed by atoms with van der Waals surface area (Å²) in [5.74, 6) is 0.347. The molecule has 0 atom stereocenters. The second kappa shape index (κ2) is 6.75. The molecule has 0 heterocycles. The molecule has 1 aromatic carbocycles. The lowest BCUT2D eigenvalue weighted by atomic mass is 10.2. The van der Waals surface area contributed by atoms with Crippen molar-refractivity contribution in [2.24, 2.45) is 5.14 Å². The molecular formula is C13H21NO3S. The van der Waals surface area contributed by atoms with Gasteiger partial charge in [-0.15, -0.1) is 0 Å². The van der Waals surface area contributed by atoms with Crippen molar-refractivity contribution in [3.05, 3.63) is 23.8 Å². The molecule has 0 saturated heterocycles. The Morgan fingerprint density at radius 1 is 1.22 bits per heavy atom. The van der Waals surface area contributed by atoms with Crippen LogP contribution in [-0.2, 0) is 10.0 Å². The largest absolute Gasteiger partial charge is 0.492 e. The summed E-state index contributed by atoms with van der Waals surface area (Å²) >= 11 is 0. The molecule has 0 spiro atoms. The van der Waals surface area contributed by atoms with Gasteiger partial charge in [0.2, 0.25) is 10.0 Å². The number of aryl methyl sites for hydroxylation is 1. The van der Waals surface area contributed by atoms with Crippen molar-refractivity contribution in [3.63, 3.8) is 0 Å². The van der Waals surface area contributed by atoms with Crippen LogP contribution in [0.15, 0.2) is 23.1 Å². The normalized spacial score (nSPS) is 11.5. The Morgan fingerprint density at radius 3 is 2.56 bits per heavy atom. The average molecular weight is 271 g/mol. The van der Waals surface area contributed by atoms with Crippen molar-refractivity contribution in [2.75, 3.05) is 6.61 Å². The Hall–Kier alpha value is -1.07. The molecule has 0 aliphatic rings. The number of primary sulfonamides is 1. The molecule has 0 fully saturated rings. The summed E-state index contributed by atoms with van der Waals surface area (Å²) in [4.78, 5) is 0.0676. The van der Waals surface area contributed by atoms with Gasteiger partial charge in [0.15, 0.2) is 0 Å². The van der Waals surface area contributed by atoms with E-state index in [4.69, 9.17) is 9.88 Å². The number of nitrogens with two attached hydrogens (primary N) is 1. The fourth-order valence-corrected chi connectivity index (χ4v) is 2.43. The zero-order chi connectivity index (χ0) is 13.6. The highest BCUT2D eigenvalue weighted by molar-refractivity contribution is 7.89. The molecule has 0 aliphatic carbocycles. The Morgan fingerprint density at radius 2 is 1.94 bits per heavy atom. The highest BCUT2D eigenvalue weighted by Gasteiger charge is 2.15. The first-order chi connectivity index (χ1) is 8.45. The van der Waals surface area contributed by atoms with Crippen LogP contribution in [0.3, 0.4) is 0 Å². The van der Waals surface area contributed by atoms with Crippen molar-refractivity contribution >= 4 is 10.0 Å².